The normalized spacial score (nSPS) is 25.4. The molecule has 1 amide bonds. The van der Waals surface area contributed by atoms with Crippen molar-refractivity contribution < 1.29 is 9.18 Å². The van der Waals surface area contributed by atoms with E-state index in [0.29, 0.717) is 12.1 Å². The first-order valence-electron chi connectivity index (χ1n) is 10.6. The molecule has 0 spiro atoms. The first kappa shape index (κ1) is 18.9. The summed E-state index contributed by atoms with van der Waals surface area (Å²) in [5.41, 5.74) is 3.06. The largest absolute Gasteiger partial charge is 0.353 e. The van der Waals surface area contributed by atoms with Gasteiger partial charge in [0.05, 0.1) is 5.92 Å². The predicted molar refractivity (Wildman–Crippen MR) is 106 cm³/mol. The van der Waals surface area contributed by atoms with Gasteiger partial charge in [-0.3, -0.25) is 14.6 Å². The molecule has 0 aromatic heterocycles. The molecule has 0 saturated carbocycles. The van der Waals surface area contributed by atoms with Crippen molar-refractivity contribution in [3.05, 3.63) is 35.4 Å². The predicted octanol–water partition coefficient (Wildman–Crippen LogP) is 2.42. The number of likely N-dealkylation sites (tertiary alicyclic amines) is 2. The van der Waals surface area contributed by atoms with Gasteiger partial charge in [0.15, 0.2) is 0 Å². The van der Waals surface area contributed by atoms with Gasteiger partial charge in [0, 0.05) is 25.2 Å². The summed E-state index contributed by atoms with van der Waals surface area (Å²) in [6, 6.07) is 10.1. The summed E-state index contributed by atoms with van der Waals surface area (Å²) < 4.78 is 12.3. The van der Waals surface area contributed by atoms with Gasteiger partial charge in [-0.25, -0.2) is 4.39 Å². The third-order valence-electron chi connectivity index (χ3n) is 6.78. The topological polar surface area (TPSA) is 35.6 Å². The lowest BCUT2D eigenvalue weighted by atomic mass is 9.92. The van der Waals surface area contributed by atoms with Crippen LogP contribution in [0.15, 0.2) is 24.3 Å². The number of rotatable bonds is 5. The number of fused-ring (bicyclic) bond motifs is 1. The Morgan fingerprint density at radius 3 is 2.37 bits per heavy atom. The van der Waals surface area contributed by atoms with Gasteiger partial charge in [-0.2, -0.15) is 0 Å². The molecule has 0 radical (unpaired) electrons. The fraction of sp³-hybridized carbons (Fsp3) is 0.682. The highest BCUT2D eigenvalue weighted by Gasteiger charge is 2.34. The number of alkyl halides is 1. The summed E-state index contributed by atoms with van der Waals surface area (Å²) in [5.74, 6) is 0.0752. The standard InChI is InChI=1S/C22H32FN3O/c23-9-10-24-22(27)19-6-3-11-26(16-19)20-7-12-25(13-8-20)21-14-17-4-1-2-5-18(17)15-21/h1-2,4-5,19-21H,3,6-16H2,(H,24,27)/t19-/m1/s1. The molecule has 1 aliphatic carbocycles. The number of hydrogen-bond acceptors (Lipinski definition) is 3. The average molecular weight is 374 g/mol. The average Bonchev–Trinajstić information content (AvgIpc) is 3.16. The smallest absolute Gasteiger partial charge is 0.224 e. The highest BCUT2D eigenvalue weighted by molar-refractivity contribution is 5.78. The molecule has 4 nitrogen and oxygen atoms in total. The molecule has 1 aromatic carbocycles. The molecule has 2 aliphatic heterocycles. The zero-order valence-electron chi connectivity index (χ0n) is 16.2. The molecular formula is C22H32FN3O. The third-order valence-corrected chi connectivity index (χ3v) is 6.78. The van der Waals surface area contributed by atoms with E-state index in [1.165, 1.54) is 49.9 Å². The van der Waals surface area contributed by atoms with Gasteiger partial charge in [0.1, 0.15) is 6.67 Å². The Morgan fingerprint density at radius 2 is 1.70 bits per heavy atom. The Morgan fingerprint density at radius 1 is 1.00 bits per heavy atom. The summed E-state index contributed by atoms with van der Waals surface area (Å²) in [6.07, 6.45) is 6.81. The number of nitrogens with zero attached hydrogens (tertiary/aromatic N) is 2. The minimum atomic E-state index is -0.480. The number of benzene rings is 1. The van der Waals surface area contributed by atoms with Crippen molar-refractivity contribution >= 4 is 5.91 Å². The van der Waals surface area contributed by atoms with Crippen LogP contribution in [0.2, 0.25) is 0 Å². The van der Waals surface area contributed by atoms with E-state index < -0.39 is 6.67 Å². The number of amides is 1. The van der Waals surface area contributed by atoms with Crippen LogP contribution in [0.4, 0.5) is 4.39 Å². The lowest BCUT2D eigenvalue weighted by molar-refractivity contribution is -0.127. The Kier molecular flexibility index (Phi) is 6.08. The quantitative estimate of drug-likeness (QED) is 0.861. The van der Waals surface area contributed by atoms with Gasteiger partial charge in [-0.15, -0.1) is 0 Å². The molecule has 148 valence electrons. The van der Waals surface area contributed by atoms with E-state index in [9.17, 15) is 9.18 Å². The maximum Gasteiger partial charge on any atom is 0.224 e. The number of piperidine rings is 2. The van der Waals surface area contributed by atoms with Crippen molar-refractivity contribution in [1.29, 1.82) is 0 Å². The van der Waals surface area contributed by atoms with Gasteiger partial charge in [-0.05, 0) is 69.3 Å². The van der Waals surface area contributed by atoms with Crippen molar-refractivity contribution in [1.82, 2.24) is 15.1 Å². The Labute approximate surface area is 162 Å². The number of nitrogens with one attached hydrogen (secondary N) is 1. The summed E-state index contributed by atoms with van der Waals surface area (Å²) in [6.45, 7) is 3.95. The van der Waals surface area contributed by atoms with Crippen LogP contribution in [-0.2, 0) is 17.6 Å². The second-order valence-electron chi connectivity index (χ2n) is 8.41. The van der Waals surface area contributed by atoms with Gasteiger partial charge in [-0.1, -0.05) is 24.3 Å². The van der Waals surface area contributed by atoms with E-state index >= 15 is 0 Å². The van der Waals surface area contributed by atoms with Crippen molar-refractivity contribution in [2.75, 3.05) is 39.4 Å². The minimum absolute atomic E-state index is 0.0349. The van der Waals surface area contributed by atoms with Gasteiger partial charge >= 0.3 is 0 Å². The van der Waals surface area contributed by atoms with Crippen molar-refractivity contribution in [3.8, 4) is 0 Å². The highest BCUT2D eigenvalue weighted by atomic mass is 19.1. The van der Waals surface area contributed by atoms with Crippen molar-refractivity contribution in [2.45, 2.75) is 50.6 Å². The van der Waals surface area contributed by atoms with E-state index in [0.717, 1.165) is 25.9 Å². The first-order valence-corrected chi connectivity index (χ1v) is 10.6. The molecule has 1 atom stereocenters. The molecule has 5 heteroatoms. The molecule has 27 heavy (non-hydrogen) atoms. The minimum Gasteiger partial charge on any atom is -0.353 e. The molecule has 3 aliphatic rings. The molecule has 4 rings (SSSR count). The van der Waals surface area contributed by atoms with Crippen molar-refractivity contribution in [3.63, 3.8) is 0 Å². The number of hydrogen-bond donors (Lipinski definition) is 1. The molecule has 2 heterocycles. The Balaban J connectivity index is 1.26. The van der Waals surface area contributed by atoms with Crippen LogP contribution in [0.25, 0.3) is 0 Å². The lowest BCUT2D eigenvalue weighted by Crippen LogP contribution is -2.52. The zero-order valence-corrected chi connectivity index (χ0v) is 16.2. The van der Waals surface area contributed by atoms with E-state index in [-0.39, 0.29) is 18.4 Å². The van der Waals surface area contributed by atoms with E-state index in [4.69, 9.17) is 0 Å². The summed E-state index contributed by atoms with van der Waals surface area (Å²) in [4.78, 5) is 17.4. The number of halogens is 1. The zero-order chi connectivity index (χ0) is 18.6. The Hall–Kier alpha value is -1.46. The van der Waals surface area contributed by atoms with Crippen LogP contribution >= 0.6 is 0 Å². The monoisotopic (exact) mass is 373 g/mol. The van der Waals surface area contributed by atoms with E-state index in [1.807, 2.05) is 0 Å². The van der Waals surface area contributed by atoms with Crippen molar-refractivity contribution in [2.24, 2.45) is 5.92 Å². The van der Waals surface area contributed by atoms with Gasteiger partial charge < -0.3 is 5.32 Å². The van der Waals surface area contributed by atoms with Gasteiger partial charge in [0.25, 0.3) is 0 Å². The van der Waals surface area contributed by atoms with Crippen LogP contribution in [0, 0.1) is 5.92 Å². The first-order chi connectivity index (χ1) is 13.2. The van der Waals surface area contributed by atoms with E-state index in [1.54, 1.807) is 0 Å². The summed E-state index contributed by atoms with van der Waals surface area (Å²) in [5, 5.41) is 2.73. The fourth-order valence-electron chi connectivity index (χ4n) is 5.28. The molecule has 0 unspecified atom stereocenters. The maximum atomic E-state index is 12.3. The third kappa shape index (κ3) is 4.35. The van der Waals surface area contributed by atoms with Crippen LogP contribution in [0.3, 0.4) is 0 Å². The molecular weight excluding hydrogens is 341 g/mol. The number of carbonyl (C=O) groups excluding carboxylic acids is 1. The molecule has 1 N–H and O–H groups in total. The summed E-state index contributed by atoms with van der Waals surface area (Å²) >= 11 is 0. The SMILES string of the molecule is O=C(NCCF)[C@@H]1CCCN(C2CCN(C3Cc4ccccc4C3)CC2)C1. The maximum absolute atomic E-state index is 12.3. The van der Waals surface area contributed by atoms with Crippen LogP contribution < -0.4 is 5.32 Å². The molecule has 2 saturated heterocycles. The molecule has 1 aromatic rings. The fourth-order valence-corrected chi connectivity index (χ4v) is 5.28. The number of carbonyl (C=O) groups is 1. The van der Waals surface area contributed by atoms with E-state index in [2.05, 4.69) is 39.4 Å². The van der Waals surface area contributed by atoms with Crippen LogP contribution in [0.1, 0.15) is 36.8 Å². The van der Waals surface area contributed by atoms with Crippen LogP contribution in [-0.4, -0.2) is 67.2 Å². The highest BCUT2D eigenvalue weighted by Crippen LogP contribution is 2.29. The lowest BCUT2D eigenvalue weighted by Gasteiger charge is -2.43. The van der Waals surface area contributed by atoms with Gasteiger partial charge in [0.2, 0.25) is 5.91 Å². The second kappa shape index (κ2) is 8.70. The summed E-state index contributed by atoms with van der Waals surface area (Å²) in [7, 11) is 0. The second-order valence-corrected chi connectivity index (χ2v) is 8.41. The molecule has 2 fully saturated rings. The van der Waals surface area contributed by atoms with Crippen LogP contribution in [0.5, 0.6) is 0 Å². The molecule has 0 bridgehead atoms. The Bertz CT molecular complexity index is 619.